The molecule has 1 heterocycles. The zero-order valence-electron chi connectivity index (χ0n) is 9.54. The van der Waals surface area contributed by atoms with Gasteiger partial charge in [0.05, 0.1) is 12.8 Å². The number of methoxy groups -OCH3 is 1. The summed E-state index contributed by atoms with van der Waals surface area (Å²) < 4.78 is 6.69. The number of nitrogens with zero attached hydrogens (tertiary/aromatic N) is 2. The molecule has 88 valence electrons. The van der Waals surface area contributed by atoms with Crippen molar-refractivity contribution in [1.29, 1.82) is 0 Å². The lowest BCUT2D eigenvalue weighted by Gasteiger charge is -2.04. The lowest BCUT2D eigenvalue weighted by Crippen LogP contribution is -2.04. The highest BCUT2D eigenvalue weighted by molar-refractivity contribution is 5.85. The summed E-state index contributed by atoms with van der Waals surface area (Å²) in [5, 5.41) is 8.94. The summed E-state index contributed by atoms with van der Waals surface area (Å²) >= 11 is 0. The van der Waals surface area contributed by atoms with Crippen LogP contribution in [0, 0.1) is 0 Å². The van der Waals surface area contributed by atoms with E-state index in [9.17, 15) is 4.79 Å². The van der Waals surface area contributed by atoms with E-state index in [1.807, 2.05) is 24.3 Å². The van der Waals surface area contributed by atoms with E-state index in [4.69, 9.17) is 9.84 Å². The Kier molecular flexibility index (Phi) is 2.82. The van der Waals surface area contributed by atoms with Gasteiger partial charge in [0.1, 0.15) is 5.75 Å². The minimum Gasteiger partial charge on any atom is -0.496 e. The van der Waals surface area contributed by atoms with Gasteiger partial charge in [0.25, 0.3) is 0 Å². The van der Waals surface area contributed by atoms with Crippen LogP contribution in [0.25, 0.3) is 11.3 Å². The molecule has 0 fully saturated rings. The van der Waals surface area contributed by atoms with Gasteiger partial charge in [-0.05, 0) is 12.1 Å². The number of aryl methyl sites for hydroxylation is 1. The molecule has 0 atom stereocenters. The molecule has 5 nitrogen and oxygen atoms in total. The van der Waals surface area contributed by atoms with E-state index in [0.717, 1.165) is 5.56 Å². The first-order chi connectivity index (χ1) is 8.13. The molecule has 0 amide bonds. The smallest absolute Gasteiger partial charge is 0.372 e. The highest BCUT2D eigenvalue weighted by Crippen LogP contribution is 2.28. The second-order valence-electron chi connectivity index (χ2n) is 3.57. The molecule has 2 aromatic rings. The number of aromatic nitrogens is 2. The molecule has 0 aliphatic heterocycles. The van der Waals surface area contributed by atoms with Gasteiger partial charge in [-0.2, -0.15) is 0 Å². The molecule has 0 saturated carbocycles. The molecule has 5 heteroatoms. The number of hydrogen-bond donors (Lipinski definition) is 1. The maximum absolute atomic E-state index is 10.9. The zero-order chi connectivity index (χ0) is 12.4. The second kappa shape index (κ2) is 4.29. The normalized spacial score (nSPS) is 10.2. The molecular weight excluding hydrogens is 220 g/mol. The molecule has 0 bridgehead atoms. The summed E-state index contributed by atoms with van der Waals surface area (Å²) in [5.41, 5.74) is 1.36. The monoisotopic (exact) mass is 232 g/mol. The summed E-state index contributed by atoms with van der Waals surface area (Å²) in [7, 11) is 3.22. The van der Waals surface area contributed by atoms with Gasteiger partial charge in [-0.1, -0.05) is 12.1 Å². The third-order valence-electron chi connectivity index (χ3n) is 2.45. The maximum Gasteiger partial charge on any atom is 0.372 e. The predicted molar refractivity (Wildman–Crippen MR) is 62.2 cm³/mol. The molecule has 0 spiro atoms. The Balaban J connectivity index is 2.53. The van der Waals surface area contributed by atoms with E-state index in [1.54, 1.807) is 20.4 Å². The quantitative estimate of drug-likeness (QED) is 0.876. The van der Waals surface area contributed by atoms with Crippen LogP contribution < -0.4 is 4.74 Å². The number of benzene rings is 1. The number of carboxylic acid groups (broad SMARTS) is 1. The van der Waals surface area contributed by atoms with Gasteiger partial charge >= 0.3 is 5.97 Å². The lowest BCUT2D eigenvalue weighted by atomic mass is 10.1. The maximum atomic E-state index is 10.9. The first-order valence-electron chi connectivity index (χ1n) is 5.03. The van der Waals surface area contributed by atoms with E-state index in [2.05, 4.69) is 4.98 Å². The number of rotatable bonds is 3. The second-order valence-corrected chi connectivity index (χ2v) is 3.57. The fourth-order valence-electron chi connectivity index (χ4n) is 1.65. The van der Waals surface area contributed by atoms with Gasteiger partial charge < -0.3 is 14.4 Å². The summed E-state index contributed by atoms with van der Waals surface area (Å²) in [6.07, 6.45) is 1.67. The number of aromatic carboxylic acids is 1. The fraction of sp³-hybridized carbons (Fsp3) is 0.167. The SMILES string of the molecule is COc1ccccc1-c1cn(C)c(C(=O)O)n1. The lowest BCUT2D eigenvalue weighted by molar-refractivity contribution is 0.0680. The third kappa shape index (κ3) is 1.99. The van der Waals surface area contributed by atoms with E-state index >= 15 is 0 Å². The first kappa shape index (κ1) is 11.2. The molecule has 1 aromatic heterocycles. The Morgan fingerprint density at radius 3 is 2.71 bits per heavy atom. The Labute approximate surface area is 98.3 Å². The number of hydrogen-bond acceptors (Lipinski definition) is 3. The summed E-state index contributed by atoms with van der Waals surface area (Å²) in [6.45, 7) is 0. The van der Waals surface area contributed by atoms with Crippen molar-refractivity contribution < 1.29 is 14.6 Å². The Morgan fingerprint density at radius 2 is 2.12 bits per heavy atom. The summed E-state index contributed by atoms with van der Waals surface area (Å²) in [5.74, 6) is -0.373. The van der Waals surface area contributed by atoms with Gasteiger partial charge in [0.15, 0.2) is 0 Å². The molecule has 2 rings (SSSR count). The van der Waals surface area contributed by atoms with Crippen LogP contribution in [0.2, 0.25) is 0 Å². The van der Waals surface area contributed by atoms with Crippen molar-refractivity contribution in [2.45, 2.75) is 0 Å². The predicted octanol–water partition coefficient (Wildman–Crippen LogP) is 1.79. The first-order valence-corrected chi connectivity index (χ1v) is 5.03. The number of para-hydroxylation sites is 1. The third-order valence-corrected chi connectivity index (χ3v) is 2.45. The number of carboxylic acids is 1. The molecule has 17 heavy (non-hydrogen) atoms. The van der Waals surface area contributed by atoms with Crippen LogP contribution in [0.4, 0.5) is 0 Å². The molecule has 0 saturated heterocycles. The van der Waals surface area contributed by atoms with Crippen LogP contribution in [0.5, 0.6) is 5.75 Å². The standard InChI is InChI=1S/C12H12N2O3/c1-14-7-9(13-11(14)12(15)16)8-5-3-4-6-10(8)17-2/h3-7H,1-2H3,(H,15,16). The number of ether oxygens (including phenoxy) is 1. The highest BCUT2D eigenvalue weighted by Gasteiger charge is 2.15. The molecule has 0 radical (unpaired) electrons. The van der Waals surface area contributed by atoms with Gasteiger partial charge in [0.2, 0.25) is 5.82 Å². The average molecular weight is 232 g/mol. The zero-order valence-corrected chi connectivity index (χ0v) is 9.54. The largest absolute Gasteiger partial charge is 0.496 e. The van der Waals surface area contributed by atoms with Crippen LogP contribution >= 0.6 is 0 Å². The van der Waals surface area contributed by atoms with Crippen LogP contribution in [0.1, 0.15) is 10.6 Å². The van der Waals surface area contributed by atoms with Crippen LogP contribution in [0.3, 0.4) is 0 Å². The minimum absolute atomic E-state index is 0.00547. The van der Waals surface area contributed by atoms with Gasteiger partial charge in [-0.25, -0.2) is 9.78 Å². The number of carbonyl (C=O) groups is 1. The Hall–Kier alpha value is -2.30. The van der Waals surface area contributed by atoms with E-state index < -0.39 is 5.97 Å². The van der Waals surface area contributed by atoms with E-state index in [0.29, 0.717) is 11.4 Å². The average Bonchev–Trinajstić information content (AvgIpc) is 2.71. The Bertz CT molecular complexity index is 561. The summed E-state index contributed by atoms with van der Waals surface area (Å²) in [4.78, 5) is 15.0. The van der Waals surface area contributed by atoms with Crippen molar-refractivity contribution >= 4 is 5.97 Å². The van der Waals surface area contributed by atoms with Crippen molar-refractivity contribution in [3.63, 3.8) is 0 Å². The van der Waals surface area contributed by atoms with Crippen molar-refractivity contribution in [1.82, 2.24) is 9.55 Å². The van der Waals surface area contributed by atoms with Crippen molar-refractivity contribution in [2.75, 3.05) is 7.11 Å². The topological polar surface area (TPSA) is 64.3 Å². The highest BCUT2D eigenvalue weighted by atomic mass is 16.5. The molecule has 0 aliphatic rings. The van der Waals surface area contributed by atoms with Crippen LogP contribution in [-0.2, 0) is 7.05 Å². The summed E-state index contributed by atoms with van der Waals surface area (Å²) in [6, 6.07) is 7.35. The molecule has 0 aliphatic carbocycles. The van der Waals surface area contributed by atoms with Gasteiger partial charge in [-0.15, -0.1) is 0 Å². The van der Waals surface area contributed by atoms with Crippen LogP contribution in [0.15, 0.2) is 30.5 Å². The number of imidazole rings is 1. The van der Waals surface area contributed by atoms with E-state index in [1.165, 1.54) is 4.57 Å². The fourth-order valence-corrected chi connectivity index (χ4v) is 1.65. The molecule has 1 aromatic carbocycles. The minimum atomic E-state index is -1.05. The van der Waals surface area contributed by atoms with Crippen molar-refractivity contribution in [2.24, 2.45) is 7.05 Å². The van der Waals surface area contributed by atoms with Crippen molar-refractivity contribution in [3.8, 4) is 17.0 Å². The van der Waals surface area contributed by atoms with Gasteiger partial charge in [-0.3, -0.25) is 0 Å². The Morgan fingerprint density at radius 1 is 1.41 bits per heavy atom. The molecular formula is C12H12N2O3. The van der Waals surface area contributed by atoms with Crippen LogP contribution in [-0.4, -0.2) is 27.7 Å². The van der Waals surface area contributed by atoms with Crippen molar-refractivity contribution in [3.05, 3.63) is 36.3 Å². The molecule has 1 N–H and O–H groups in total. The van der Waals surface area contributed by atoms with Gasteiger partial charge in [0, 0.05) is 18.8 Å². The van der Waals surface area contributed by atoms with E-state index in [-0.39, 0.29) is 5.82 Å². The molecule has 0 unspecified atom stereocenters.